The molecule has 1 saturated carbocycles. The molecule has 0 amide bonds. The number of rotatable bonds is 4. The highest BCUT2D eigenvalue weighted by Gasteiger charge is 2.34. The molecular formula is C22H26N2O2. The first-order valence-electron chi connectivity index (χ1n) is 9.72. The molecule has 0 N–H and O–H groups in total. The second-order valence-corrected chi connectivity index (χ2v) is 7.86. The van der Waals surface area contributed by atoms with Crippen molar-refractivity contribution in [2.24, 2.45) is 11.8 Å². The summed E-state index contributed by atoms with van der Waals surface area (Å²) in [5, 5.41) is 0. The minimum Gasteiger partial charge on any atom is -0.300 e. The lowest BCUT2D eigenvalue weighted by Crippen LogP contribution is -2.39. The van der Waals surface area contributed by atoms with Crippen molar-refractivity contribution in [1.82, 2.24) is 9.55 Å². The molecule has 0 spiro atoms. The number of nitrogens with zero attached hydrogens (tertiary/aromatic N) is 2. The van der Waals surface area contributed by atoms with E-state index in [9.17, 15) is 9.59 Å². The van der Waals surface area contributed by atoms with Gasteiger partial charge < -0.3 is 0 Å². The average molecular weight is 350 g/mol. The Morgan fingerprint density at radius 1 is 1.19 bits per heavy atom. The summed E-state index contributed by atoms with van der Waals surface area (Å²) in [6, 6.07) is 10.4. The standard InChI is InChI=1S/C22H26N2O2/c1-14(25)18-11-12-19-20(13-18)23-15(2)24(22(19)26)21(17-9-6-10-17)16-7-4-3-5-8-16/h3-5,7-8,17-18,21H,6,9-13H2,1-2H3. The van der Waals surface area contributed by atoms with Gasteiger partial charge in [-0.3, -0.25) is 14.2 Å². The third-order valence-corrected chi connectivity index (χ3v) is 6.24. The molecule has 1 heterocycles. The monoisotopic (exact) mass is 350 g/mol. The van der Waals surface area contributed by atoms with E-state index in [1.165, 1.54) is 12.0 Å². The number of fused-ring (bicyclic) bond motifs is 1. The first-order valence-corrected chi connectivity index (χ1v) is 9.72. The summed E-state index contributed by atoms with van der Waals surface area (Å²) in [6.07, 6.45) is 5.60. The van der Waals surface area contributed by atoms with Crippen LogP contribution in [0.5, 0.6) is 0 Å². The molecule has 0 aliphatic heterocycles. The molecule has 2 aromatic rings. The molecule has 2 aliphatic rings. The van der Waals surface area contributed by atoms with E-state index in [0.29, 0.717) is 18.8 Å². The fourth-order valence-electron chi connectivity index (χ4n) is 4.52. The zero-order valence-electron chi connectivity index (χ0n) is 15.6. The lowest BCUT2D eigenvalue weighted by molar-refractivity contribution is -0.121. The van der Waals surface area contributed by atoms with Crippen molar-refractivity contribution in [2.75, 3.05) is 0 Å². The summed E-state index contributed by atoms with van der Waals surface area (Å²) in [5.74, 6) is 1.50. The smallest absolute Gasteiger partial charge is 0.257 e. The first-order chi connectivity index (χ1) is 12.6. The highest BCUT2D eigenvalue weighted by atomic mass is 16.1. The largest absolute Gasteiger partial charge is 0.300 e. The van der Waals surface area contributed by atoms with Crippen molar-refractivity contribution >= 4 is 5.78 Å². The van der Waals surface area contributed by atoms with Crippen LogP contribution in [-0.2, 0) is 17.6 Å². The van der Waals surface area contributed by atoms with Gasteiger partial charge in [0, 0.05) is 11.5 Å². The lowest BCUT2D eigenvalue weighted by Gasteiger charge is -2.36. The van der Waals surface area contributed by atoms with Crippen molar-refractivity contribution in [3.63, 3.8) is 0 Å². The van der Waals surface area contributed by atoms with Crippen molar-refractivity contribution in [3.8, 4) is 0 Å². The second kappa shape index (κ2) is 6.82. The number of ketones is 1. The van der Waals surface area contributed by atoms with Gasteiger partial charge >= 0.3 is 0 Å². The van der Waals surface area contributed by atoms with Crippen LogP contribution in [0.3, 0.4) is 0 Å². The van der Waals surface area contributed by atoms with E-state index in [0.717, 1.165) is 36.3 Å². The van der Waals surface area contributed by atoms with Crippen molar-refractivity contribution in [2.45, 2.75) is 58.4 Å². The predicted octanol–water partition coefficient (Wildman–Crippen LogP) is 3.64. The van der Waals surface area contributed by atoms with Crippen LogP contribution >= 0.6 is 0 Å². The van der Waals surface area contributed by atoms with Gasteiger partial charge in [0.15, 0.2) is 0 Å². The topological polar surface area (TPSA) is 52.0 Å². The number of carbonyl (C=O) groups is 1. The Bertz CT molecular complexity index is 881. The molecule has 2 unspecified atom stereocenters. The van der Waals surface area contributed by atoms with Gasteiger partial charge in [0.25, 0.3) is 5.56 Å². The van der Waals surface area contributed by atoms with Gasteiger partial charge in [-0.2, -0.15) is 0 Å². The van der Waals surface area contributed by atoms with Gasteiger partial charge in [-0.25, -0.2) is 4.98 Å². The maximum atomic E-state index is 13.4. The summed E-state index contributed by atoms with van der Waals surface area (Å²) < 4.78 is 1.94. The van der Waals surface area contributed by atoms with E-state index in [1.54, 1.807) is 6.92 Å². The molecule has 2 atom stereocenters. The lowest BCUT2D eigenvalue weighted by atomic mass is 9.76. The Balaban J connectivity index is 1.81. The summed E-state index contributed by atoms with van der Waals surface area (Å²) in [6.45, 7) is 3.58. The quantitative estimate of drug-likeness (QED) is 0.846. The zero-order valence-corrected chi connectivity index (χ0v) is 15.6. The van der Waals surface area contributed by atoms with E-state index in [4.69, 9.17) is 4.98 Å². The highest BCUT2D eigenvalue weighted by molar-refractivity contribution is 5.78. The van der Waals surface area contributed by atoms with Gasteiger partial charge in [-0.15, -0.1) is 0 Å². The molecule has 4 rings (SSSR count). The van der Waals surface area contributed by atoms with E-state index in [2.05, 4.69) is 12.1 Å². The van der Waals surface area contributed by atoms with E-state index < -0.39 is 0 Å². The summed E-state index contributed by atoms with van der Waals surface area (Å²) >= 11 is 0. The highest BCUT2D eigenvalue weighted by Crippen LogP contribution is 2.40. The van der Waals surface area contributed by atoms with Gasteiger partial charge in [-0.1, -0.05) is 36.8 Å². The zero-order chi connectivity index (χ0) is 18.3. The number of hydrogen-bond acceptors (Lipinski definition) is 3. The summed E-state index contributed by atoms with van der Waals surface area (Å²) in [4.78, 5) is 30.0. The molecule has 0 saturated heterocycles. The van der Waals surface area contributed by atoms with Crippen molar-refractivity contribution in [3.05, 3.63) is 63.3 Å². The molecule has 1 aromatic heterocycles. The maximum absolute atomic E-state index is 13.4. The Hall–Kier alpha value is -2.23. The van der Waals surface area contributed by atoms with Crippen molar-refractivity contribution < 1.29 is 4.79 Å². The Labute approximate surface area is 154 Å². The first kappa shape index (κ1) is 17.2. The van der Waals surface area contributed by atoms with E-state index in [-0.39, 0.29) is 23.3 Å². The van der Waals surface area contributed by atoms with Crippen LogP contribution in [0.25, 0.3) is 0 Å². The van der Waals surface area contributed by atoms with Crippen LogP contribution in [0.2, 0.25) is 0 Å². The number of Topliss-reactive ketones (excluding diaryl/α,β-unsaturated/α-hetero) is 1. The third kappa shape index (κ3) is 2.91. The maximum Gasteiger partial charge on any atom is 0.257 e. The normalized spacial score (nSPS) is 20.9. The fourth-order valence-corrected chi connectivity index (χ4v) is 4.52. The van der Waals surface area contributed by atoms with Crippen LogP contribution in [0.1, 0.15) is 61.3 Å². The molecule has 1 aromatic carbocycles. The van der Waals surface area contributed by atoms with Crippen LogP contribution < -0.4 is 5.56 Å². The number of aromatic nitrogens is 2. The van der Waals surface area contributed by atoms with E-state index >= 15 is 0 Å². The Morgan fingerprint density at radius 3 is 2.54 bits per heavy atom. The molecule has 4 nitrogen and oxygen atoms in total. The van der Waals surface area contributed by atoms with Crippen LogP contribution in [-0.4, -0.2) is 15.3 Å². The minimum atomic E-state index is 0.0150. The van der Waals surface area contributed by atoms with Crippen LogP contribution in [0.15, 0.2) is 35.1 Å². The number of hydrogen-bond donors (Lipinski definition) is 0. The third-order valence-electron chi connectivity index (χ3n) is 6.24. The summed E-state index contributed by atoms with van der Waals surface area (Å²) in [7, 11) is 0. The molecule has 0 radical (unpaired) electrons. The molecule has 0 bridgehead atoms. The van der Waals surface area contributed by atoms with Gasteiger partial charge in [0.05, 0.1) is 11.7 Å². The Morgan fingerprint density at radius 2 is 1.92 bits per heavy atom. The van der Waals surface area contributed by atoms with Crippen molar-refractivity contribution in [1.29, 1.82) is 0 Å². The van der Waals surface area contributed by atoms with Gasteiger partial charge in [-0.05, 0) is 57.4 Å². The van der Waals surface area contributed by atoms with E-state index in [1.807, 2.05) is 29.7 Å². The summed E-state index contributed by atoms with van der Waals surface area (Å²) in [5.41, 5.74) is 2.97. The van der Waals surface area contributed by atoms with Crippen LogP contribution in [0.4, 0.5) is 0 Å². The van der Waals surface area contributed by atoms with Crippen LogP contribution in [0, 0.1) is 18.8 Å². The number of aryl methyl sites for hydroxylation is 1. The molecule has 2 aliphatic carbocycles. The molecule has 26 heavy (non-hydrogen) atoms. The molecule has 136 valence electrons. The fraction of sp³-hybridized carbons (Fsp3) is 0.500. The molecular weight excluding hydrogens is 324 g/mol. The van der Waals surface area contributed by atoms with Gasteiger partial charge in [0.2, 0.25) is 0 Å². The average Bonchev–Trinajstić information content (AvgIpc) is 2.59. The second-order valence-electron chi connectivity index (χ2n) is 7.86. The number of benzene rings is 1. The molecule has 1 fully saturated rings. The predicted molar refractivity (Wildman–Crippen MR) is 101 cm³/mol. The Kier molecular flexibility index (Phi) is 4.51. The number of carbonyl (C=O) groups excluding carboxylic acids is 1. The minimum absolute atomic E-state index is 0.0150. The molecule has 4 heteroatoms. The SMILES string of the molecule is CC(=O)C1CCc2c(nc(C)n(C(c3ccccc3)C3CCC3)c2=O)C1. The van der Waals surface area contributed by atoms with Gasteiger partial charge in [0.1, 0.15) is 11.6 Å².